The third kappa shape index (κ3) is 2.82. The average Bonchev–Trinajstić information content (AvgIpc) is 3.23. The first-order valence-corrected chi connectivity index (χ1v) is 10.3. The zero-order valence-electron chi connectivity index (χ0n) is 15.5. The second kappa shape index (κ2) is 7.02. The molecule has 2 aliphatic rings. The van der Waals surface area contributed by atoms with Crippen molar-refractivity contribution in [3.63, 3.8) is 0 Å². The van der Waals surface area contributed by atoms with Gasteiger partial charge in [-0.2, -0.15) is 0 Å². The van der Waals surface area contributed by atoms with E-state index in [2.05, 4.69) is 64.8 Å². The number of hydrogen-bond acceptors (Lipinski definition) is 2. The lowest BCUT2D eigenvalue weighted by atomic mass is 9.84. The van der Waals surface area contributed by atoms with Gasteiger partial charge < -0.3 is 5.32 Å². The van der Waals surface area contributed by atoms with E-state index in [0.717, 1.165) is 19.0 Å². The Hall–Kier alpha value is -1.90. The molecule has 0 amide bonds. The fourth-order valence-corrected chi connectivity index (χ4v) is 5.32. The maximum Gasteiger partial charge on any atom is 0.0389 e. The van der Waals surface area contributed by atoms with Crippen molar-refractivity contribution in [1.82, 2.24) is 10.2 Å². The monoisotopic (exact) mass is 344 g/mol. The Balaban J connectivity index is 1.76. The molecule has 0 spiro atoms. The Kier molecular flexibility index (Phi) is 4.40. The van der Waals surface area contributed by atoms with Gasteiger partial charge in [-0.3, -0.25) is 4.90 Å². The second-order valence-corrected chi connectivity index (χ2v) is 8.01. The highest BCUT2D eigenvalue weighted by atomic mass is 15.2. The van der Waals surface area contributed by atoms with Gasteiger partial charge in [-0.25, -0.2) is 0 Å². The maximum atomic E-state index is 3.54. The van der Waals surface area contributed by atoms with Gasteiger partial charge in [0.1, 0.15) is 0 Å². The molecule has 1 aliphatic carbocycles. The molecule has 1 N–H and O–H groups in total. The van der Waals surface area contributed by atoms with E-state index >= 15 is 0 Å². The zero-order chi connectivity index (χ0) is 17.3. The van der Waals surface area contributed by atoms with Gasteiger partial charge in [0.2, 0.25) is 0 Å². The molecule has 1 aliphatic heterocycles. The SMILES string of the molecule is c1ccc2c([C@H](C3CCCC3)N3CCNCC3)c3ccccc3cc2c1. The van der Waals surface area contributed by atoms with Crippen molar-refractivity contribution >= 4 is 21.5 Å². The first-order valence-electron chi connectivity index (χ1n) is 10.3. The zero-order valence-corrected chi connectivity index (χ0v) is 15.5. The summed E-state index contributed by atoms with van der Waals surface area (Å²) in [5.74, 6) is 0.794. The van der Waals surface area contributed by atoms with Crippen LogP contribution in [0.25, 0.3) is 21.5 Å². The summed E-state index contributed by atoms with van der Waals surface area (Å²) in [6.45, 7) is 4.56. The van der Waals surface area contributed by atoms with Crippen LogP contribution in [0.3, 0.4) is 0 Å². The molecule has 26 heavy (non-hydrogen) atoms. The van der Waals surface area contributed by atoms with E-state index in [9.17, 15) is 0 Å². The average molecular weight is 345 g/mol. The lowest BCUT2D eigenvalue weighted by Crippen LogP contribution is -2.46. The van der Waals surface area contributed by atoms with E-state index in [0.29, 0.717) is 6.04 Å². The van der Waals surface area contributed by atoms with E-state index in [1.54, 1.807) is 5.56 Å². The highest BCUT2D eigenvalue weighted by molar-refractivity contribution is 6.02. The van der Waals surface area contributed by atoms with Crippen LogP contribution in [0.1, 0.15) is 37.3 Å². The maximum absolute atomic E-state index is 3.54. The Morgan fingerprint density at radius 2 is 1.38 bits per heavy atom. The molecule has 0 aromatic heterocycles. The van der Waals surface area contributed by atoms with Crippen molar-refractivity contribution in [2.45, 2.75) is 31.7 Å². The topological polar surface area (TPSA) is 15.3 Å². The predicted octanol–water partition coefficient (Wildman–Crippen LogP) is 5.13. The molecule has 0 unspecified atom stereocenters. The molecule has 134 valence electrons. The smallest absolute Gasteiger partial charge is 0.0389 e. The van der Waals surface area contributed by atoms with Crippen molar-refractivity contribution in [1.29, 1.82) is 0 Å². The first kappa shape index (κ1) is 16.3. The molecule has 1 saturated heterocycles. The Morgan fingerprint density at radius 1 is 0.808 bits per heavy atom. The van der Waals surface area contributed by atoms with Crippen LogP contribution in [-0.2, 0) is 0 Å². The normalized spacial score (nSPS) is 20.8. The molecule has 1 saturated carbocycles. The summed E-state index contributed by atoms with van der Waals surface area (Å²) in [4.78, 5) is 2.78. The van der Waals surface area contributed by atoms with Crippen LogP contribution in [0.15, 0.2) is 54.6 Å². The summed E-state index contributed by atoms with van der Waals surface area (Å²) in [5.41, 5.74) is 1.59. The van der Waals surface area contributed by atoms with Gasteiger partial charge >= 0.3 is 0 Å². The van der Waals surface area contributed by atoms with E-state index in [4.69, 9.17) is 0 Å². The van der Waals surface area contributed by atoms with Gasteiger partial charge in [0, 0.05) is 32.2 Å². The van der Waals surface area contributed by atoms with Crippen LogP contribution in [0.2, 0.25) is 0 Å². The van der Waals surface area contributed by atoms with Crippen LogP contribution in [-0.4, -0.2) is 31.1 Å². The van der Waals surface area contributed by atoms with Crippen LogP contribution < -0.4 is 5.32 Å². The molecular formula is C24H28N2. The van der Waals surface area contributed by atoms with Crippen molar-refractivity contribution < 1.29 is 0 Å². The summed E-state index contributed by atoms with van der Waals surface area (Å²) in [6.07, 6.45) is 5.56. The molecule has 3 aromatic rings. The molecule has 0 radical (unpaired) electrons. The Morgan fingerprint density at radius 3 is 2.00 bits per heavy atom. The lowest BCUT2D eigenvalue weighted by molar-refractivity contribution is 0.127. The summed E-state index contributed by atoms with van der Waals surface area (Å²) < 4.78 is 0. The largest absolute Gasteiger partial charge is 0.314 e. The minimum absolute atomic E-state index is 0.551. The second-order valence-electron chi connectivity index (χ2n) is 8.01. The van der Waals surface area contributed by atoms with Gasteiger partial charge in [-0.05, 0) is 51.9 Å². The van der Waals surface area contributed by atoms with E-state index < -0.39 is 0 Å². The third-order valence-electron chi connectivity index (χ3n) is 6.50. The number of rotatable bonds is 3. The first-order chi connectivity index (χ1) is 12.9. The fourth-order valence-electron chi connectivity index (χ4n) is 5.32. The van der Waals surface area contributed by atoms with Gasteiger partial charge in [0.25, 0.3) is 0 Å². The number of nitrogens with zero attached hydrogens (tertiary/aromatic N) is 1. The van der Waals surface area contributed by atoms with E-state index in [1.165, 1.54) is 60.3 Å². The number of fused-ring (bicyclic) bond motifs is 2. The molecule has 3 aromatic carbocycles. The Labute approximate surface area is 156 Å². The van der Waals surface area contributed by atoms with E-state index in [-0.39, 0.29) is 0 Å². The number of benzene rings is 3. The summed E-state index contributed by atoms with van der Waals surface area (Å²) >= 11 is 0. The molecule has 1 atom stereocenters. The van der Waals surface area contributed by atoms with Crippen molar-refractivity contribution in [2.75, 3.05) is 26.2 Å². The van der Waals surface area contributed by atoms with Crippen LogP contribution in [0, 0.1) is 5.92 Å². The number of nitrogens with one attached hydrogen (secondary N) is 1. The molecular weight excluding hydrogens is 316 g/mol. The minimum Gasteiger partial charge on any atom is -0.314 e. The predicted molar refractivity (Wildman–Crippen MR) is 111 cm³/mol. The molecule has 5 rings (SSSR count). The molecule has 1 heterocycles. The molecule has 2 nitrogen and oxygen atoms in total. The lowest BCUT2D eigenvalue weighted by Gasteiger charge is -2.39. The van der Waals surface area contributed by atoms with Crippen molar-refractivity contribution in [3.05, 3.63) is 60.2 Å². The van der Waals surface area contributed by atoms with Gasteiger partial charge in [-0.1, -0.05) is 61.4 Å². The molecule has 2 heteroatoms. The third-order valence-corrected chi connectivity index (χ3v) is 6.50. The van der Waals surface area contributed by atoms with Gasteiger partial charge in [0.15, 0.2) is 0 Å². The fraction of sp³-hybridized carbons (Fsp3) is 0.417. The van der Waals surface area contributed by atoms with Crippen LogP contribution in [0.4, 0.5) is 0 Å². The highest BCUT2D eigenvalue weighted by Gasteiger charge is 2.33. The van der Waals surface area contributed by atoms with Crippen LogP contribution >= 0.6 is 0 Å². The summed E-state index contributed by atoms with van der Waals surface area (Å²) in [7, 11) is 0. The van der Waals surface area contributed by atoms with Gasteiger partial charge in [0.05, 0.1) is 0 Å². The minimum atomic E-state index is 0.551. The van der Waals surface area contributed by atoms with Crippen LogP contribution in [0.5, 0.6) is 0 Å². The standard InChI is InChI=1S/C24H28N2/c1-2-8-18(7-1)24(26-15-13-25-14-16-26)23-21-11-5-3-9-19(21)17-20-10-4-6-12-22(20)23/h3-6,9-12,17-18,24-25H,1-2,7-8,13-16H2/t24-/m0/s1. The molecule has 0 bridgehead atoms. The van der Waals surface area contributed by atoms with E-state index in [1.807, 2.05) is 0 Å². The quantitative estimate of drug-likeness (QED) is 0.663. The summed E-state index contributed by atoms with van der Waals surface area (Å²) in [5, 5.41) is 9.24. The highest BCUT2D eigenvalue weighted by Crippen LogP contribution is 2.44. The molecule has 2 fully saturated rings. The summed E-state index contributed by atoms with van der Waals surface area (Å²) in [6, 6.07) is 21.0. The Bertz CT molecular complexity index is 850. The number of hydrogen-bond donors (Lipinski definition) is 1. The van der Waals surface area contributed by atoms with Gasteiger partial charge in [-0.15, -0.1) is 0 Å². The van der Waals surface area contributed by atoms with Crippen molar-refractivity contribution in [3.8, 4) is 0 Å². The van der Waals surface area contributed by atoms with Crippen molar-refractivity contribution in [2.24, 2.45) is 5.92 Å². The number of piperazine rings is 1.